The van der Waals surface area contributed by atoms with Crippen molar-refractivity contribution in [3.05, 3.63) is 66.0 Å². The molecule has 150 valence electrons. The fourth-order valence-corrected chi connectivity index (χ4v) is 4.39. The summed E-state index contributed by atoms with van der Waals surface area (Å²) in [7, 11) is 0. The van der Waals surface area contributed by atoms with Gasteiger partial charge in [0.2, 0.25) is 5.91 Å². The van der Waals surface area contributed by atoms with E-state index >= 15 is 0 Å². The standard InChI is InChI=1S/C22H24N4O2S/c1-3-28-19-12-8-7-11-18(19)23-21(27)20(16-9-5-4-6-10-16)29-22-25-24-15(2)26(22)17-13-14-17/h4-12,17,20H,3,13-14H2,1-2H3,(H,23,27). The summed E-state index contributed by atoms with van der Waals surface area (Å²) in [4.78, 5) is 13.3. The smallest absolute Gasteiger partial charge is 0.242 e. The Hall–Kier alpha value is -2.80. The number of benzene rings is 2. The molecule has 1 fully saturated rings. The summed E-state index contributed by atoms with van der Waals surface area (Å²) in [5.41, 5.74) is 1.59. The van der Waals surface area contributed by atoms with Gasteiger partial charge in [0, 0.05) is 6.04 Å². The molecule has 29 heavy (non-hydrogen) atoms. The summed E-state index contributed by atoms with van der Waals surface area (Å²) >= 11 is 1.44. The number of thioether (sulfide) groups is 1. The van der Waals surface area contributed by atoms with Gasteiger partial charge in [0.15, 0.2) is 5.16 Å². The first-order chi connectivity index (χ1) is 14.2. The Morgan fingerprint density at radius 2 is 1.90 bits per heavy atom. The molecule has 1 aliphatic carbocycles. The summed E-state index contributed by atoms with van der Waals surface area (Å²) in [6.45, 7) is 4.42. The van der Waals surface area contributed by atoms with E-state index in [0.29, 0.717) is 24.1 Å². The third-order valence-corrected chi connectivity index (χ3v) is 5.97. The molecule has 6 nitrogen and oxygen atoms in total. The highest BCUT2D eigenvalue weighted by Gasteiger charge is 2.31. The maximum atomic E-state index is 13.3. The number of anilines is 1. The molecule has 4 rings (SSSR count). The Bertz CT molecular complexity index is 985. The zero-order valence-electron chi connectivity index (χ0n) is 16.5. The van der Waals surface area contributed by atoms with Crippen LogP contribution in [0, 0.1) is 6.92 Å². The largest absolute Gasteiger partial charge is 0.492 e. The Morgan fingerprint density at radius 3 is 2.62 bits per heavy atom. The molecule has 1 saturated carbocycles. The molecule has 7 heteroatoms. The Labute approximate surface area is 174 Å². The molecule has 1 aromatic heterocycles. The second-order valence-electron chi connectivity index (χ2n) is 6.96. The molecular formula is C22H24N4O2S. The van der Waals surface area contributed by atoms with Gasteiger partial charge in [-0.1, -0.05) is 54.2 Å². The zero-order chi connectivity index (χ0) is 20.2. The first-order valence-electron chi connectivity index (χ1n) is 9.83. The molecule has 1 amide bonds. The number of carbonyl (C=O) groups is 1. The van der Waals surface area contributed by atoms with Crippen molar-refractivity contribution in [2.75, 3.05) is 11.9 Å². The molecule has 0 spiro atoms. The number of hydrogen-bond donors (Lipinski definition) is 1. The van der Waals surface area contributed by atoms with Gasteiger partial charge in [-0.05, 0) is 44.4 Å². The number of ether oxygens (including phenoxy) is 1. The lowest BCUT2D eigenvalue weighted by molar-refractivity contribution is -0.115. The van der Waals surface area contributed by atoms with E-state index in [9.17, 15) is 4.79 Å². The molecule has 1 aliphatic rings. The van der Waals surface area contributed by atoms with Gasteiger partial charge in [-0.2, -0.15) is 0 Å². The monoisotopic (exact) mass is 408 g/mol. The van der Waals surface area contributed by atoms with Gasteiger partial charge in [-0.3, -0.25) is 4.79 Å². The summed E-state index contributed by atoms with van der Waals surface area (Å²) in [5.74, 6) is 1.44. The topological polar surface area (TPSA) is 69.0 Å². The third kappa shape index (κ3) is 4.45. The minimum Gasteiger partial charge on any atom is -0.492 e. The average Bonchev–Trinajstić information content (AvgIpc) is 3.51. The van der Waals surface area contributed by atoms with Crippen LogP contribution in [0.2, 0.25) is 0 Å². The Kier molecular flexibility index (Phi) is 5.85. The molecule has 0 aliphatic heterocycles. The number of amides is 1. The van der Waals surface area contributed by atoms with Crippen molar-refractivity contribution in [2.45, 2.75) is 43.1 Å². The lowest BCUT2D eigenvalue weighted by atomic mass is 10.1. The first kappa shape index (κ1) is 19.5. The predicted molar refractivity (Wildman–Crippen MR) is 114 cm³/mol. The van der Waals surface area contributed by atoms with Gasteiger partial charge in [0.05, 0.1) is 12.3 Å². The second kappa shape index (κ2) is 8.69. The highest BCUT2D eigenvalue weighted by Crippen LogP contribution is 2.42. The molecule has 0 saturated heterocycles. The molecule has 3 aromatic rings. The predicted octanol–water partition coefficient (Wildman–Crippen LogP) is 4.79. The average molecular weight is 409 g/mol. The van der Waals surface area contributed by atoms with Crippen LogP contribution in [0.15, 0.2) is 59.8 Å². The van der Waals surface area contributed by atoms with Crippen LogP contribution >= 0.6 is 11.8 Å². The van der Waals surface area contributed by atoms with Crippen LogP contribution in [0.4, 0.5) is 5.69 Å². The van der Waals surface area contributed by atoms with Gasteiger partial charge in [-0.25, -0.2) is 0 Å². The van der Waals surface area contributed by atoms with Crippen LogP contribution in [0.3, 0.4) is 0 Å². The van der Waals surface area contributed by atoms with Crippen LogP contribution in [0.5, 0.6) is 5.75 Å². The van der Waals surface area contributed by atoms with E-state index in [1.165, 1.54) is 11.8 Å². The van der Waals surface area contributed by atoms with Crippen LogP contribution in [-0.2, 0) is 4.79 Å². The quantitative estimate of drug-likeness (QED) is 0.543. The fourth-order valence-electron chi connectivity index (χ4n) is 3.24. The number of rotatable bonds is 8. The summed E-state index contributed by atoms with van der Waals surface area (Å²) in [6, 6.07) is 17.7. The number of hydrogen-bond acceptors (Lipinski definition) is 5. The van der Waals surface area contributed by atoms with Gasteiger partial charge in [-0.15, -0.1) is 10.2 Å². The number of aryl methyl sites for hydroxylation is 1. The van der Waals surface area contributed by atoms with E-state index in [4.69, 9.17) is 4.74 Å². The molecule has 0 bridgehead atoms. The van der Waals surface area contributed by atoms with E-state index in [1.807, 2.05) is 68.4 Å². The summed E-state index contributed by atoms with van der Waals surface area (Å²) in [6.07, 6.45) is 2.27. The van der Waals surface area contributed by atoms with Gasteiger partial charge >= 0.3 is 0 Å². The van der Waals surface area contributed by atoms with Crippen molar-refractivity contribution in [3.63, 3.8) is 0 Å². The normalized spacial score (nSPS) is 14.4. The molecule has 1 unspecified atom stereocenters. The summed E-state index contributed by atoms with van der Waals surface area (Å²) < 4.78 is 7.81. The maximum Gasteiger partial charge on any atom is 0.242 e. The van der Waals surface area contributed by atoms with Crippen molar-refractivity contribution in [1.29, 1.82) is 0 Å². The van der Waals surface area contributed by atoms with Crippen molar-refractivity contribution in [2.24, 2.45) is 0 Å². The van der Waals surface area contributed by atoms with Crippen molar-refractivity contribution in [1.82, 2.24) is 14.8 Å². The van der Waals surface area contributed by atoms with E-state index in [2.05, 4.69) is 20.1 Å². The molecular weight excluding hydrogens is 384 g/mol. The first-order valence-corrected chi connectivity index (χ1v) is 10.7. The van der Waals surface area contributed by atoms with E-state index in [0.717, 1.165) is 29.4 Å². The highest BCUT2D eigenvalue weighted by molar-refractivity contribution is 8.00. The van der Waals surface area contributed by atoms with Crippen LogP contribution in [-0.4, -0.2) is 27.3 Å². The van der Waals surface area contributed by atoms with Crippen molar-refractivity contribution >= 4 is 23.4 Å². The number of nitrogens with zero attached hydrogens (tertiary/aromatic N) is 3. The number of aromatic nitrogens is 3. The van der Waals surface area contributed by atoms with Crippen molar-refractivity contribution < 1.29 is 9.53 Å². The van der Waals surface area contributed by atoms with Crippen LogP contribution < -0.4 is 10.1 Å². The van der Waals surface area contributed by atoms with Gasteiger partial charge < -0.3 is 14.6 Å². The molecule has 1 heterocycles. The minimum absolute atomic E-state index is 0.114. The van der Waals surface area contributed by atoms with Crippen molar-refractivity contribution in [3.8, 4) is 5.75 Å². The lowest BCUT2D eigenvalue weighted by Crippen LogP contribution is -2.20. The summed E-state index contributed by atoms with van der Waals surface area (Å²) in [5, 5.41) is 12.0. The third-order valence-electron chi connectivity index (χ3n) is 4.76. The van der Waals surface area contributed by atoms with E-state index < -0.39 is 5.25 Å². The van der Waals surface area contributed by atoms with Gasteiger partial charge in [0.1, 0.15) is 16.8 Å². The lowest BCUT2D eigenvalue weighted by Gasteiger charge is -2.18. The molecule has 2 aromatic carbocycles. The van der Waals surface area contributed by atoms with E-state index in [-0.39, 0.29) is 5.91 Å². The highest BCUT2D eigenvalue weighted by atomic mass is 32.2. The minimum atomic E-state index is -0.452. The van der Waals surface area contributed by atoms with E-state index in [1.54, 1.807) is 0 Å². The van der Waals surface area contributed by atoms with Gasteiger partial charge in [0.25, 0.3) is 0 Å². The number of para-hydroxylation sites is 2. The fraction of sp³-hybridized carbons (Fsp3) is 0.318. The Balaban J connectivity index is 1.62. The van der Waals surface area contributed by atoms with Crippen LogP contribution in [0.25, 0.3) is 0 Å². The SMILES string of the molecule is CCOc1ccccc1NC(=O)C(Sc1nnc(C)n1C1CC1)c1ccccc1. The number of nitrogens with one attached hydrogen (secondary N) is 1. The second-order valence-corrected chi connectivity index (χ2v) is 8.03. The Morgan fingerprint density at radius 1 is 1.17 bits per heavy atom. The number of carbonyl (C=O) groups excluding carboxylic acids is 1. The molecule has 1 atom stereocenters. The molecule has 1 N–H and O–H groups in total. The van der Waals surface area contributed by atoms with Crippen LogP contribution in [0.1, 0.15) is 42.4 Å². The molecule has 0 radical (unpaired) electrons. The zero-order valence-corrected chi connectivity index (χ0v) is 17.4. The maximum absolute atomic E-state index is 13.3.